The Labute approximate surface area is 130 Å². The van der Waals surface area contributed by atoms with E-state index < -0.39 is 5.91 Å². The maximum absolute atomic E-state index is 12.4. The van der Waals surface area contributed by atoms with Crippen LogP contribution in [0.25, 0.3) is 0 Å². The van der Waals surface area contributed by atoms with Crippen LogP contribution >= 0.6 is 0 Å². The van der Waals surface area contributed by atoms with Gasteiger partial charge in [-0.05, 0) is 42.9 Å². The van der Waals surface area contributed by atoms with Crippen LogP contribution in [0.5, 0.6) is 0 Å². The highest BCUT2D eigenvalue weighted by atomic mass is 16.5. The van der Waals surface area contributed by atoms with E-state index in [4.69, 9.17) is 10.5 Å². The van der Waals surface area contributed by atoms with Gasteiger partial charge in [0.15, 0.2) is 0 Å². The molecule has 1 atom stereocenters. The second kappa shape index (κ2) is 6.48. The molecule has 5 nitrogen and oxygen atoms in total. The molecule has 3 rings (SSSR count). The third-order valence-electron chi connectivity index (χ3n) is 4.75. The van der Waals surface area contributed by atoms with Crippen molar-refractivity contribution < 1.29 is 14.3 Å². The molecule has 0 bridgehead atoms. The molecular weight excluding hydrogens is 280 g/mol. The summed E-state index contributed by atoms with van der Waals surface area (Å²) in [6.07, 6.45) is 2.79. The van der Waals surface area contributed by atoms with Crippen LogP contribution < -0.4 is 5.73 Å². The van der Waals surface area contributed by atoms with E-state index in [1.807, 2.05) is 17.0 Å². The van der Waals surface area contributed by atoms with Crippen molar-refractivity contribution in [2.75, 3.05) is 26.3 Å². The zero-order valence-electron chi connectivity index (χ0n) is 12.7. The minimum atomic E-state index is -0.397. The molecule has 2 aliphatic heterocycles. The number of rotatable bonds is 3. The number of likely N-dealkylation sites (tertiary alicyclic amines) is 1. The molecule has 2 saturated heterocycles. The van der Waals surface area contributed by atoms with Crippen LogP contribution in [0.2, 0.25) is 0 Å². The molecule has 1 unspecified atom stereocenters. The Kier molecular flexibility index (Phi) is 4.43. The molecule has 1 aromatic carbocycles. The molecule has 5 heteroatoms. The number of nitrogens with two attached hydrogens (primary N) is 1. The first-order valence-corrected chi connectivity index (χ1v) is 7.91. The van der Waals surface area contributed by atoms with Gasteiger partial charge in [0.2, 0.25) is 11.8 Å². The SMILES string of the molecule is NC(=O)c1ccc(C2CCN(C(=O)C3CCOC3)CC2)cc1. The van der Waals surface area contributed by atoms with Gasteiger partial charge in [-0.2, -0.15) is 0 Å². The lowest BCUT2D eigenvalue weighted by atomic mass is 9.88. The van der Waals surface area contributed by atoms with E-state index in [2.05, 4.69) is 0 Å². The Morgan fingerprint density at radius 3 is 2.32 bits per heavy atom. The number of nitrogens with zero attached hydrogens (tertiary/aromatic N) is 1. The van der Waals surface area contributed by atoms with Crippen LogP contribution in [0.15, 0.2) is 24.3 Å². The first-order chi connectivity index (χ1) is 10.6. The second-order valence-electron chi connectivity index (χ2n) is 6.15. The Morgan fingerprint density at radius 1 is 1.09 bits per heavy atom. The van der Waals surface area contributed by atoms with Crippen molar-refractivity contribution in [3.63, 3.8) is 0 Å². The molecule has 0 aliphatic carbocycles. The average molecular weight is 302 g/mol. The first-order valence-electron chi connectivity index (χ1n) is 7.91. The zero-order valence-corrected chi connectivity index (χ0v) is 12.7. The molecule has 0 saturated carbocycles. The lowest BCUT2D eigenvalue weighted by molar-refractivity contribution is -0.136. The first kappa shape index (κ1) is 15.0. The number of piperidine rings is 1. The second-order valence-corrected chi connectivity index (χ2v) is 6.15. The van der Waals surface area contributed by atoms with E-state index in [0.717, 1.165) is 32.4 Å². The van der Waals surface area contributed by atoms with Gasteiger partial charge < -0.3 is 15.4 Å². The highest BCUT2D eigenvalue weighted by Gasteiger charge is 2.30. The summed E-state index contributed by atoms with van der Waals surface area (Å²) in [6.45, 7) is 2.89. The molecule has 2 heterocycles. The normalized spacial score (nSPS) is 22.7. The molecular formula is C17H22N2O3. The molecule has 118 valence electrons. The minimum absolute atomic E-state index is 0.0615. The number of carbonyl (C=O) groups excluding carboxylic acids is 2. The summed E-state index contributed by atoms with van der Waals surface area (Å²) in [5.41, 5.74) is 7.02. The highest BCUT2D eigenvalue weighted by molar-refractivity contribution is 5.92. The fraction of sp³-hybridized carbons (Fsp3) is 0.529. The summed E-state index contributed by atoms with van der Waals surface area (Å²) >= 11 is 0. The molecule has 1 aromatic rings. The topological polar surface area (TPSA) is 72.6 Å². The van der Waals surface area contributed by atoms with Crippen LogP contribution in [0.4, 0.5) is 0 Å². The van der Waals surface area contributed by atoms with E-state index in [1.54, 1.807) is 12.1 Å². The molecule has 2 aliphatic rings. The van der Waals surface area contributed by atoms with Crippen molar-refractivity contribution in [3.05, 3.63) is 35.4 Å². The zero-order chi connectivity index (χ0) is 15.5. The summed E-state index contributed by atoms with van der Waals surface area (Å²) in [5.74, 6) is 0.364. The predicted molar refractivity (Wildman–Crippen MR) is 82.4 cm³/mol. The van der Waals surface area contributed by atoms with Crippen molar-refractivity contribution in [3.8, 4) is 0 Å². The molecule has 2 amide bonds. The molecule has 22 heavy (non-hydrogen) atoms. The van der Waals surface area contributed by atoms with Crippen molar-refractivity contribution in [1.82, 2.24) is 4.90 Å². The van der Waals surface area contributed by atoms with Crippen molar-refractivity contribution in [1.29, 1.82) is 0 Å². The Hall–Kier alpha value is -1.88. The van der Waals surface area contributed by atoms with E-state index in [-0.39, 0.29) is 11.8 Å². The van der Waals surface area contributed by atoms with E-state index in [9.17, 15) is 9.59 Å². The standard InChI is InChI=1S/C17H22N2O3/c18-16(20)14-3-1-12(2-4-14)13-5-8-19(9-6-13)17(21)15-7-10-22-11-15/h1-4,13,15H,5-11H2,(H2,18,20). The number of ether oxygens (including phenoxy) is 1. The molecule has 0 spiro atoms. The van der Waals surface area contributed by atoms with Crippen molar-refractivity contribution in [2.45, 2.75) is 25.2 Å². The van der Waals surface area contributed by atoms with Gasteiger partial charge in [0.05, 0.1) is 12.5 Å². The van der Waals surface area contributed by atoms with Crippen molar-refractivity contribution >= 4 is 11.8 Å². The Balaban J connectivity index is 1.57. The van der Waals surface area contributed by atoms with Gasteiger partial charge >= 0.3 is 0 Å². The van der Waals surface area contributed by atoms with Gasteiger partial charge in [-0.1, -0.05) is 12.1 Å². The fourth-order valence-corrected chi connectivity index (χ4v) is 3.34. The lowest BCUT2D eigenvalue weighted by Gasteiger charge is -2.33. The van der Waals surface area contributed by atoms with Crippen LogP contribution in [-0.4, -0.2) is 43.0 Å². The van der Waals surface area contributed by atoms with Gasteiger partial charge in [-0.15, -0.1) is 0 Å². The van der Waals surface area contributed by atoms with E-state index >= 15 is 0 Å². The number of hydrogen-bond donors (Lipinski definition) is 1. The number of amides is 2. The third-order valence-corrected chi connectivity index (χ3v) is 4.75. The van der Waals surface area contributed by atoms with Crippen LogP contribution in [-0.2, 0) is 9.53 Å². The lowest BCUT2D eigenvalue weighted by Crippen LogP contribution is -2.41. The van der Waals surface area contributed by atoms with Gasteiger partial charge in [-0.3, -0.25) is 9.59 Å². The monoisotopic (exact) mass is 302 g/mol. The molecule has 2 N–H and O–H groups in total. The summed E-state index contributed by atoms with van der Waals surface area (Å²) in [7, 11) is 0. The van der Waals surface area contributed by atoms with E-state index in [0.29, 0.717) is 24.7 Å². The largest absolute Gasteiger partial charge is 0.381 e. The number of hydrogen-bond acceptors (Lipinski definition) is 3. The Bertz CT molecular complexity index is 542. The van der Waals surface area contributed by atoms with E-state index in [1.165, 1.54) is 5.56 Å². The van der Waals surface area contributed by atoms with Crippen LogP contribution in [0, 0.1) is 5.92 Å². The fourth-order valence-electron chi connectivity index (χ4n) is 3.34. The molecule has 2 fully saturated rings. The van der Waals surface area contributed by atoms with Gasteiger partial charge in [0.1, 0.15) is 0 Å². The average Bonchev–Trinajstić information content (AvgIpc) is 3.09. The van der Waals surface area contributed by atoms with Crippen LogP contribution in [0.1, 0.15) is 41.1 Å². The maximum atomic E-state index is 12.4. The summed E-state index contributed by atoms with van der Waals surface area (Å²) in [5, 5.41) is 0. The molecule has 0 aromatic heterocycles. The quantitative estimate of drug-likeness (QED) is 0.920. The predicted octanol–water partition coefficient (Wildman–Crippen LogP) is 1.53. The molecule has 0 radical (unpaired) electrons. The third kappa shape index (κ3) is 3.14. The summed E-state index contributed by atoms with van der Waals surface area (Å²) < 4.78 is 5.30. The number of primary amides is 1. The number of carbonyl (C=O) groups is 2. The van der Waals surface area contributed by atoms with Gasteiger partial charge in [-0.25, -0.2) is 0 Å². The van der Waals surface area contributed by atoms with Gasteiger partial charge in [0.25, 0.3) is 0 Å². The smallest absolute Gasteiger partial charge is 0.248 e. The highest BCUT2D eigenvalue weighted by Crippen LogP contribution is 2.29. The maximum Gasteiger partial charge on any atom is 0.248 e. The van der Waals surface area contributed by atoms with Gasteiger partial charge in [0, 0.05) is 25.3 Å². The Morgan fingerprint density at radius 2 is 1.77 bits per heavy atom. The summed E-state index contributed by atoms with van der Waals surface area (Å²) in [6, 6.07) is 7.52. The summed E-state index contributed by atoms with van der Waals surface area (Å²) in [4.78, 5) is 25.4. The van der Waals surface area contributed by atoms with Crippen molar-refractivity contribution in [2.24, 2.45) is 11.7 Å². The van der Waals surface area contributed by atoms with Crippen LogP contribution in [0.3, 0.4) is 0 Å². The number of benzene rings is 1. The minimum Gasteiger partial charge on any atom is -0.381 e.